The van der Waals surface area contributed by atoms with Gasteiger partial charge in [0.15, 0.2) is 5.16 Å². The number of hydrogen-bond acceptors (Lipinski definition) is 6. The lowest BCUT2D eigenvalue weighted by Gasteiger charge is -2.32. The number of ether oxygens (including phenoxy) is 1. The maximum absolute atomic E-state index is 13.1. The van der Waals surface area contributed by atoms with Crippen LogP contribution in [0.25, 0.3) is 16.0 Å². The zero-order chi connectivity index (χ0) is 18.6. The van der Waals surface area contributed by atoms with E-state index in [9.17, 15) is 4.79 Å². The molecule has 0 amide bonds. The second-order valence-corrected chi connectivity index (χ2v) is 9.21. The third kappa shape index (κ3) is 2.62. The summed E-state index contributed by atoms with van der Waals surface area (Å²) in [6.07, 6.45) is 1.68. The summed E-state index contributed by atoms with van der Waals surface area (Å²) in [7, 11) is 1.77. The molecule has 3 aromatic rings. The fraction of sp³-hybridized carbons (Fsp3) is 0.500. The molecule has 0 fully saturated rings. The molecule has 1 aliphatic rings. The molecule has 0 saturated carbocycles. The first kappa shape index (κ1) is 17.8. The van der Waals surface area contributed by atoms with Crippen molar-refractivity contribution in [1.82, 2.24) is 19.2 Å². The summed E-state index contributed by atoms with van der Waals surface area (Å²) in [5, 5.41) is 10.2. The van der Waals surface area contributed by atoms with Crippen LogP contribution in [0.5, 0.6) is 0 Å². The molecule has 138 valence electrons. The largest absolute Gasteiger partial charge is 0.369 e. The number of hydrogen-bond donors (Lipinski definition) is 0. The van der Waals surface area contributed by atoms with Crippen molar-refractivity contribution in [1.29, 1.82) is 0 Å². The van der Waals surface area contributed by atoms with Gasteiger partial charge in [-0.05, 0) is 25.8 Å². The maximum Gasteiger partial charge on any atom is 0.263 e. The van der Waals surface area contributed by atoms with E-state index in [0.717, 1.165) is 50.0 Å². The van der Waals surface area contributed by atoms with Crippen LogP contribution in [-0.2, 0) is 24.8 Å². The van der Waals surface area contributed by atoms with Crippen LogP contribution in [0.2, 0.25) is 0 Å². The maximum atomic E-state index is 13.1. The van der Waals surface area contributed by atoms with Gasteiger partial charge in [0.1, 0.15) is 4.83 Å². The van der Waals surface area contributed by atoms with Crippen LogP contribution >= 0.6 is 23.1 Å². The van der Waals surface area contributed by atoms with Crippen LogP contribution < -0.4 is 5.56 Å². The predicted molar refractivity (Wildman–Crippen MR) is 106 cm³/mol. The van der Waals surface area contributed by atoms with Gasteiger partial charge in [-0.25, -0.2) is 4.40 Å². The summed E-state index contributed by atoms with van der Waals surface area (Å²) in [6.45, 7) is 10.8. The molecule has 0 aromatic carbocycles. The van der Waals surface area contributed by atoms with Gasteiger partial charge in [-0.15, -0.1) is 21.5 Å². The molecule has 1 atom stereocenters. The number of thiophene rings is 1. The van der Waals surface area contributed by atoms with E-state index >= 15 is 0 Å². The summed E-state index contributed by atoms with van der Waals surface area (Å²) in [4.78, 5) is 15.1. The predicted octanol–water partition coefficient (Wildman–Crippen LogP) is 3.55. The average Bonchev–Trinajstić information content (AvgIpc) is 3.18. The first-order valence-electron chi connectivity index (χ1n) is 8.64. The second kappa shape index (κ2) is 6.21. The van der Waals surface area contributed by atoms with E-state index in [0.29, 0.717) is 12.4 Å². The fourth-order valence-corrected chi connectivity index (χ4v) is 5.32. The van der Waals surface area contributed by atoms with Crippen LogP contribution in [0.3, 0.4) is 0 Å². The molecular weight excluding hydrogens is 368 g/mol. The van der Waals surface area contributed by atoms with Gasteiger partial charge in [0.25, 0.3) is 5.56 Å². The van der Waals surface area contributed by atoms with E-state index in [2.05, 4.69) is 30.6 Å². The van der Waals surface area contributed by atoms with Crippen molar-refractivity contribution in [3.8, 4) is 0 Å². The highest BCUT2D eigenvalue weighted by Crippen LogP contribution is 2.39. The third-order valence-corrected chi connectivity index (χ3v) is 7.36. The number of rotatable bonds is 4. The summed E-state index contributed by atoms with van der Waals surface area (Å²) in [5.74, 6) is 1.34. The van der Waals surface area contributed by atoms with Crippen molar-refractivity contribution in [2.75, 3.05) is 5.75 Å². The van der Waals surface area contributed by atoms with Gasteiger partial charge in [-0.2, -0.15) is 0 Å². The minimum Gasteiger partial charge on any atom is -0.369 e. The number of nitrogens with zero attached hydrogens (tertiary/aromatic N) is 4. The zero-order valence-electron chi connectivity index (χ0n) is 15.5. The van der Waals surface area contributed by atoms with Crippen molar-refractivity contribution in [2.24, 2.45) is 7.05 Å². The Labute approximate surface area is 159 Å². The molecule has 8 heteroatoms. The van der Waals surface area contributed by atoms with Gasteiger partial charge >= 0.3 is 0 Å². The van der Waals surface area contributed by atoms with Crippen LogP contribution in [0.15, 0.2) is 22.1 Å². The molecule has 1 unspecified atom stereocenters. The van der Waals surface area contributed by atoms with Crippen molar-refractivity contribution in [3.63, 3.8) is 0 Å². The smallest absolute Gasteiger partial charge is 0.263 e. The number of thioether (sulfide) groups is 1. The third-order valence-electron chi connectivity index (χ3n) is 5.01. The Bertz CT molecular complexity index is 1090. The zero-order valence-corrected chi connectivity index (χ0v) is 17.1. The van der Waals surface area contributed by atoms with E-state index in [4.69, 9.17) is 4.74 Å². The van der Waals surface area contributed by atoms with Gasteiger partial charge in [0.05, 0.1) is 17.6 Å². The number of aromatic nitrogens is 4. The summed E-state index contributed by atoms with van der Waals surface area (Å²) in [6, 6.07) is 0. The molecule has 26 heavy (non-hydrogen) atoms. The highest BCUT2D eigenvalue weighted by molar-refractivity contribution is 7.99. The monoisotopic (exact) mass is 390 g/mol. The van der Waals surface area contributed by atoms with Crippen molar-refractivity contribution in [2.45, 2.75) is 51.0 Å². The molecule has 0 radical (unpaired) electrons. The average molecular weight is 391 g/mol. The molecule has 0 bridgehead atoms. The normalized spacial score (nSPS) is 20.0. The highest BCUT2D eigenvalue weighted by atomic mass is 32.2. The number of fused-ring (bicyclic) bond motifs is 5. The molecule has 6 nitrogen and oxygen atoms in total. The lowest BCUT2D eigenvalue weighted by atomic mass is 9.90. The molecule has 3 aromatic heterocycles. The topological polar surface area (TPSA) is 61.4 Å². The SMILES string of the molecule is C=C(C)CSc1nnc2n(C)c(=O)c3c4c(sc3n12)COC(C)(CC)C4. The van der Waals surface area contributed by atoms with Crippen molar-refractivity contribution in [3.05, 3.63) is 32.9 Å². The van der Waals surface area contributed by atoms with Gasteiger partial charge in [0.2, 0.25) is 5.78 Å². The van der Waals surface area contributed by atoms with Crippen LogP contribution in [0, 0.1) is 0 Å². The molecule has 4 rings (SSSR count). The van der Waals surface area contributed by atoms with Crippen LogP contribution in [-0.4, -0.2) is 30.5 Å². The van der Waals surface area contributed by atoms with Crippen LogP contribution in [0.4, 0.5) is 0 Å². The van der Waals surface area contributed by atoms with Crippen LogP contribution in [0.1, 0.15) is 37.6 Å². The summed E-state index contributed by atoms with van der Waals surface area (Å²) < 4.78 is 9.70. The minimum atomic E-state index is -0.217. The standard InChI is InChI=1S/C18H22N4O2S2/c1-6-18(4)7-11-12(8-24-18)26-15-13(11)14(23)21(5)16-19-20-17(22(15)16)25-9-10(2)3/h2,6-9H2,1,3-5H3. The Morgan fingerprint density at radius 2 is 2.23 bits per heavy atom. The highest BCUT2D eigenvalue weighted by Gasteiger charge is 2.33. The first-order valence-corrected chi connectivity index (χ1v) is 10.4. The van der Waals surface area contributed by atoms with E-state index in [1.165, 1.54) is 0 Å². The lowest BCUT2D eigenvalue weighted by molar-refractivity contribution is -0.0543. The molecule has 0 spiro atoms. The van der Waals surface area contributed by atoms with E-state index in [1.807, 2.05) is 11.3 Å². The Kier molecular flexibility index (Phi) is 4.24. The molecule has 0 aliphatic carbocycles. The molecule has 1 aliphatic heterocycles. The fourth-order valence-electron chi connectivity index (χ4n) is 3.27. The first-order chi connectivity index (χ1) is 12.3. The molecule has 0 saturated heterocycles. The molecular formula is C18H22N4O2S2. The molecule has 0 N–H and O–H groups in total. The Morgan fingerprint density at radius 1 is 1.46 bits per heavy atom. The Morgan fingerprint density at radius 3 is 2.92 bits per heavy atom. The van der Waals surface area contributed by atoms with E-state index in [1.54, 1.807) is 34.7 Å². The van der Waals surface area contributed by atoms with Gasteiger partial charge in [-0.1, -0.05) is 30.8 Å². The summed E-state index contributed by atoms with van der Waals surface area (Å²) in [5.41, 5.74) is 1.98. The quantitative estimate of drug-likeness (QED) is 0.504. The van der Waals surface area contributed by atoms with E-state index < -0.39 is 0 Å². The van der Waals surface area contributed by atoms with Crippen molar-refractivity contribution < 1.29 is 4.74 Å². The molecule has 4 heterocycles. The van der Waals surface area contributed by atoms with Crippen molar-refractivity contribution >= 4 is 39.1 Å². The summed E-state index contributed by atoms with van der Waals surface area (Å²) >= 11 is 3.22. The minimum absolute atomic E-state index is 0.00537. The van der Waals surface area contributed by atoms with Gasteiger partial charge in [-0.3, -0.25) is 9.36 Å². The second-order valence-electron chi connectivity index (χ2n) is 7.18. The van der Waals surface area contributed by atoms with Gasteiger partial charge in [0, 0.05) is 24.1 Å². The Balaban J connectivity index is 2.00. The van der Waals surface area contributed by atoms with E-state index in [-0.39, 0.29) is 11.2 Å². The number of aryl methyl sites for hydroxylation is 1. The lowest BCUT2D eigenvalue weighted by Crippen LogP contribution is -2.34. The Hall–Kier alpha value is -1.64. The van der Waals surface area contributed by atoms with Gasteiger partial charge < -0.3 is 4.74 Å².